The third-order valence-electron chi connectivity index (χ3n) is 1.72. The zero-order valence-electron chi connectivity index (χ0n) is 5.94. The van der Waals surface area contributed by atoms with Crippen LogP contribution in [0.4, 0.5) is 0 Å². The van der Waals surface area contributed by atoms with Crippen LogP contribution < -0.4 is 0 Å². The van der Waals surface area contributed by atoms with Crippen molar-refractivity contribution in [3.05, 3.63) is 12.7 Å². The lowest BCUT2D eigenvalue weighted by molar-refractivity contribution is 0.757. The minimum atomic E-state index is 0.737. The highest BCUT2D eigenvalue weighted by Gasteiger charge is 2.18. The first-order chi connectivity index (χ1) is 4.43. The van der Waals surface area contributed by atoms with Gasteiger partial charge >= 0.3 is 0 Å². The van der Waals surface area contributed by atoms with E-state index in [0.717, 1.165) is 10.9 Å². The maximum absolute atomic E-state index is 3.76. The van der Waals surface area contributed by atoms with Crippen molar-refractivity contribution in [3.63, 3.8) is 0 Å². The molecule has 1 heteroatoms. The molecule has 0 unspecified atom stereocenters. The fourth-order valence-corrected chi connectivity index (χ4v) is 3.32. The van der Waals surface area contributed by atoms with Gasteiger partial charge in [-0.3, -0.25) is 0 Å². The molecule has 52 valence electrons. The molecule has 0 saturated carbocycles. The van der Waals surface area contributed by atoms with Gasteiger partial charge in [-0.05, 0) is 36.2 Å². The molecule has 1 aliphatic rings. The Hall–Kier alpha value is 0.0900. The summed E-state index contributed by atoms with van der Waals surface area (Å²) in [7, 11) is 0.737. The molecule has 0 aromatic rings. The van der Waals surface area contributed by atoms with Gasteiger partial charge in [-0.15, -0.1) is 0 Å². The predicted molar refractivity (Wildman–Crippen MR) is 46.0 cm³/mol. The van der Waals surface area contributed by atoms with Crippen molar-refractivity contribution in [1.82, 2.24) is 0 Å². The second-order valence-electron chi connectivity index (χ2n) is 2.54. The van der Waals surface area contributed by atoms with Crippen LogP contribution in [0.5, 0.6) is 0 Å². The van der Waals surface area contributed by atoms with Gasteiger partial charge in [-0.2, -0.15) is 0 Å². The third-order valence-corrected chi connectivity index (χ3v) is 4.16. The topological polar surface area (TPSA) is 0 Å². The molecule has 0 nitrogen and oxygen atoms in total. The second kappa shape index (κ2) is 3.99. The maximum Gasteiger partial charge on any atom is 0.126 e. The molecule has 0 spiro atoms. The minimum absolute atomic E-state index is 0.737. The first kappa shape index (κ1) is 7.20. The molecule has 0 aromatic heterocycles. The van der Waals surface area contributed by atoms with Crippen LogP contribution >= 0.6 is 0 Å². The van der Waals surface area contributed by atoms with Gasteiger partial charge in [-0.25, -0.2) is 0 Å². The van der Waals surface area contributed by atoms with Crippen LogP contribution in [0.25, 0.3) is 0 Å². The maximum atomic E-state index is 3.76. The number of rotatable bonds is 2. The summed E-state index contributed by atoms with van der Waals surface area (Å²) in [5.74, 6) is 4.23. The van der Waals surface area contributed by atoms with Gasteiger partial charge in [-0.1, -0.05) is 6.58 Å². The highest BCUT2D eigenvalue weighted by atomic mass is 32.2. The van der Waals surface area contributed by atoms with Crippen LogP contribution in [-0.2, 0) is 10.9 Å². The molecule has 0 amide bonds. The van der Waals surface area contributed by atoms with Crippen molar-refractivity contribution >= 4 is 10.9 Å². The first-order valence-corrected chi connectivity index (χ1v) is 5.41. The van der Waals surface area contributed by atoms with Crippen molar-refractivity contribution in [3.8, 4) is 0 Å². The highest BCUT2D eigenvalue weighted by molar-refractivity contribution is 7.97. The third kappa shape index (κ3) is 2.44. The molecule has 0 bridgehead atoms. The van der Waals surface area contributed by atoms with E-state index in [9.17, 15) is 0 Å². The van der Waals surface area contributed by atoms with E-state index in [4.69, 9.17) is 0 Å². The Kier molecular flexibility index (Phi) is 3.20. The van der Waals surface area contributed by atoms with E-state index in [1.165, 1.54) is 36.5 Å². The van der Waals surface area contributed by atoms with Crippen molar-refractivity contribution in [1.29, 1.82) is 0 Å². The van der Waals surface area contributed by atoms with Gasteiger partial charge in [0, 0.05) is 0 Å². The van der Waals surface area contributed by atoms with Gasteiger partial charge in [0.15, 0.2) is 0 Å². The van der Waals surface area contributed by atoms with Crippen LogP contribution in [0.15, 0.2) is 12.7 Å². The van der Waals surface area contributed by atoms with Crippen LogP contribution in [0, 0.1) is 0 Å². The molecule has 1 fully saturated rings. The van der Waals surface area contributed by atoms with E-state index >= 15 is 0 Å². The van der Waals surface area contributed by atoms with Crippen LogP contribution in [0.3, 0.4) is 0 Å². The summed E-state index contributed by atoms with van der Waals surface area (Å²) in [5.41, 5.74) is 0. The molecule has 9 heavy (non-hydrogen) atoms. The molecular weight excluding hydrogens is 128 g/mol. The Morgan fingerprint density at radius 3 is 2.44 bits per heavy atom. The molecule has 1 rings (SSSR count). The number of hydrogen-bond donors (Lipinski definition) is 0. The van der Waals surface area contributed by atoms with Crippen molar-refractivity contribution in [2.45, 2.75) is 19.3 Å². The van der Waals surface area contributed by atoms with Gasteiger partial charge in [0.2, 0.25) is 0 Å². The van der Waals surface area contributed by atoms with Crippen molar-refractivity contribution in [2.75, 3.05) is 17.3 Å². The van der Waals surface area contributed by atoms with Gasteiger partial charge in [0.1, 0.15) is 17.3 Å². The molecule has 0 radical (unpaired) electrons. The summed E-state index contributed by atoms with van der Waals surface area (Å²) >= 11 is 0. The molecular formula is C8H15S+. The Morgan fingerprint density at radius 1 is 1.22 bits per heavy atom. The average Bonchev–Trinajstić information content (AvgIpc) is 1.91. The van der Waals surface area contributed by atoms with E-state index in [2.05, 4.69) is 12.7 Å². The lowest BCUT2D eigenvalue weighted by Crippen LogP contribution is -2.19. The molecule has 0 aromatic carbocycles. The van der Waals surface area contributed by atoms with Crippen LogP contribution in [-0.4, -0.2) is 17.3 Å². The Bertz CT molecular complexity index is 82.6. The molecule has 1 aliphatic heterocycles. The average molecular weight is 143 g/mol. The summed E-state index contributed by atoms with van der Waals surface area (Å²) < 4.78 is 0. The van der Waals surface area contributed by atoms with E-state index < -0.39 is 0 Å². The monoisotopic (exact) mass is 143 g/mol. The van der Waals surface area contributed by atoms with Crippen LogP contribution in [0.1, 0.15) is 19.3 Å². The molecule has 0 atom stereocenters. The number of hydrogen-bond acceptors (Lipinski definition) is 0. The summed E-state index contributed by atoms with van der Waals surface area (Å²) in [5, 5.41) is 0. The standard InChI is InChI=1S/C8H15S/c1-2-6-9-7-4-3-5-8-9/h2H,1,3-8H2/q+1. The predicted octanol–water partition coefficient (Wildman–Crippen LogP) is 1.97. The fraction of sp³-hybridized carbons (Fsp3) is 0.750. The van der Waals surface area contributed by atoms with E-state index in [0.29, 0.717) is 0 Å². The SMILES string of the molecule is C=CC[S+]1CCCCC1. The quantitative estimate of drug-likeness (QED) is 0.409. The lowest BCUT2D eigenvalue weighted by Gasteiger charge is -2.11. The molecule has 0 aliphatic carbocycles. The summed E-state index contributed by atoms with van der Waals surface area (Å²) in [6.45, 7) is 3.76. The molecule has 1 heterocycles. The summed E-state index contributed by atoms with van der Waals surface area (Å²) in [6.07, 6.45) is 6.49. The van der Waals surface area contributed by atoms with Gasteiger partial charge in [0.25, 0.3) is 0 Å². The van der Waals surface area contributed by atoms with E-state index in [-0.39, 0.29) is 0 Å². The fourth-order valence-electron chi connectivity index (χ4n) is 1.22. The summed E-state index contributed by atoms with van der Waals surface area (Å²) in [6, 6.07) is 0. The Morgan fingerprint density at radius 2 is 1.89 bits per heavy atom. The molecule has 0 N–H and O–H groups in total. The van der Waals surface area contributed by atoms with Crippen LogP contribution in [0.2, 0.25) is 0 Å². The second-order valence-corrected chi connectivity index (χ2v) is 4.91. The summed E-state index contributed by atoms with van der Waals surface area (Å²) in [4.78, 5) is 0. The van der Waals surface area contributed by atoms with Crippen molar-refractivity contribution < 1.29 is 0 Å². The lowest BCUT2D eigenvalue weighted by atomic mass is 10.3. The zero-order valence-corrected chi connectivity index (χ0v) is 6.75. The van der Waals surface area contributed by atoms with Gasteiger partial charge < -0.3 is 0 Å². The van der Waals surface area contributed by atoms with E-state index in [1.807, 2.05) is 0 Å². The highest BCUT2D eigenvalue weighted by Crippen LogP contribution is 2.13. The minimum Gasteiger partial charge on any atom is -0.0985 e. The largest absolute Gasteiger partial charge is 0.126 e. The normalized spacial score (nSPS) is 21.8. The zero-order chi connectivity index (χ0) is 6.53. The van der Waals surface area contributed by atoms with Crippen molar-refractivity contribution in [2.24, 2.45) is 0 Å². The Labute approximate surface area is 60.7 Å². The smallest absolute Gasteiger partial charge is 0.0985 e. The Balaban J connectivity index is 2.15. The first-order valence-electron chi connectivity index (χ1n) is 3.68. The molecule has 1 saturated heterocycles. The van der Waals surface area contributed by atoms with Gasteiger partial charge in [0.05, 0.1) is 0 Å². The van der Waals surface area contributed by atoms with E-state index in [1.54, 1.807) is 0 Å².